The number of fused-ring (bicyclic) bond motifs is 1. The Morgan fingerprint density at radius 3 is 2.30 bits per heavy atom. The maximum absolute atomic E-state index is 13.4. The summed E-state index contributed by atoms with van der Waals surface area (Å²) in [4.78, 5) is 25.7. The summed E-state index contributed by atoms with van der Waals surface area (Å²) in [5, 5.41) is 10.8. The molecule has 174 valence electrons. The molecule has 9 heteroatoms. The molecule has 0 aliphatic heterocycles. The summed E-state index contributed by atoms with van der Waals surface area (Å²) in [6.45, 7) is 1.65. The zero-order chi connectivity index (χ0) is 24.1. The second kappa shape index (κ2) is 8.41. The highest BCUT2D eigenvalue weighted by Crippen LogP contribution is 2.45. The minimum absolute atomic E-state index is 0.0389. The lowest BCUT2D eigenvalue weighted by Crippen LogP contribution is -2.27. The van der Waals surface area contributed by atoms with Crippen LogP contribution in [0.1, 0.15) is 52.4 Å². The molecule has 0 amide bonds. The molecule has 0 saturated heterocycles. The van der Waals surface area contributed by atoms with E-state index in [4.69, 9.17) is 16.3 Å². The van der Waals surface area contributed by atoms with Crippen LogP contribution in [0.25, 0.3) is 10.9 Å². The zero-order valence-electron chi connectivity index (χ0n) is 17.9. The van der Waals surface area contributed by atoms with E-state index in [-0.39, 0.29) is 16.5 Å². The largest absolute Gasteiger partial charge is 0.495 e. The molecule has 1 heterocycles. The fourth-order valence-corrected chi connectivity index (χ4v) is 4.75. The summed E-state index contributed by atoms with van der Waals surface area (Å²) in [6.07, 6.45) is -2.06. The second-order valence-corrected chi connectivity index (χ2v) is 8.63. The number of carbonyl (C=O) groups excluding carboxylic acids is 1. The molecule has 1 aliphatic carbocycles. The van der Waals surface area contributed by atoms with E-state index in [9.17, 15) is 27.9 Å². The van der Waals surface area contributed by atoms with Crippen LogP contribution in [0.2, 0.25) is 5.02 Å². The molecular formula is C24H21ClF3NO4. The predicted molar refractivity (Wildman–Crippen MR) is 117 cm³/mol. The Kier molecular flexibility index (Phi) is 5.90. The lowest BCUT2D eigenvalue weighted by Gasteiger charge is -2.31. The molecule has 1 atom stereocenters. The van der Waals surface area contributed by atoms with Crippen molar-refractivity contribution in [2.24, 2.45) is 5.92 Å². The van der Waals surface area contributed by atoms with Gasteiger partial charge in [0, 0.05) is 16.6 Å². The topological polar surface area (TPSA) is 68.5 Å². The molecule has 1 aliphatic rings. The van der Waals surface area contributed by atoms with Crippen LogP contribution in [0.15, 0.2) is 36.4 Å². The van der Waals surface area contributed by atoms with E-state index in [1.807, 2.05) is 0 Å². The maximum Gasteiger partial charge on any atom is 0.416 e. The van der Waals surface area contributed by atoms with Crippen LogP contribution >= 0.6 is 11.6 Å². The van der Waals surface area contributed by atoms with Crippen molar-refractivity contribution < 1.29 is 32.6 Å². The molecule has 0 bridgehead atoms. The highest BCUT2D eigenvalue weighted by atomic mass is 35.5. The third-order valence-electron chi connectivity index (χ3n) is 6.39. The van der Waals surface area contributed by atoms with E-state index >= 15 is 0 Å². The molecule has 5 nitrogen and oxygen atoms in total. The van der Waals surface area contributed by atoms with Gasteiger partial charge in [-0.2, -0.15) is 13.2 Å². The van der Waals surface area contributed by atoms with Gasteiger partial charge in [0.2, 0.25) is 0 Å². The molecule has 1 unspecified atom stereocenters. The highest BCUT2D eigenvalue weighted by molar-refractivity contribution is 6.33. The molecule has 1 N–H and O–H groups in total. The molecule has 1 fully saturated rings. The van der Waals surface area contributed by atoms with Crippen LogP contribution < -0.4 is 4.74 Å². The number of benzene rings is 2. The van der Waals surface area contributed by atoms with Crippen molar-refractivity contribution in [1.82, 2.24) is 4.57 Å². The second-order valence-electron chi connectivity index (χ2n) is 8.23. The number of carbonyl (C=O) groups is 2. The summed E-state index contributed by atoms with van der Waals surface area (Å²) in [5.41, 5.74) is 0.467. The van der Waals surface area contributed by atoms with Crippen molar-refractivity contribution in [2.75, 3.05) is 7.11 Å². The van der Waals surface area contributed by atoms with Crippen molar-refractivity contribution >= 4 is 34.4 Å². The van der Waals surface area contributed by atoms with Crippen LogP contribution in [0.3, 0.4) is 0 Å². The number of ether oxygens (including phenoxy) is 1. The molecule has 4 rings (SSSR count). The van der Waals surface area contributed by atoms with Crippen molar-refractivity contribution in [3.8, 4) is 5.75 Å². The van der Waals surface area contributed by atoms with Gasteiger partial charge in [-0.1, -0.05) is 18.0 Å². The maximum atomic E-state index is 13.4. The van der Waals surface area contributed by atoms with E-state index in [2.05, 4.69) is 0 Å². The van der Waals surface area contributed by atoms with E-state index in [1.165, 1.54) is 17.7 Å². The van der Waals surface area contributed by atoms with Crippen LogP contribution in [-0.2, 0) is 11.0 Å². The monoisotopic (exact) mass is 479 g/mol. The summed E-state index contributed by atoms with van der Waals surface area (Å²) in [5.74, 6) is -2.12. The number of hydrogen-bond acceptors (Lipinski definition) is 3. The number of hydrogen-bond donors (Lipinski definition) is 1. The number of halogens is 4. The fourth-order valence-electron chi connectivity index (χ4n) is 4.52. The van der Waals surface area contributed by atoms with Crippen molar-refractivity contribution in [3.05, 3.63) is 63.8 Å². The van der Waals surface area contributed by atoms with Crippen LogP contribution in [0.5, 0.6) is 5.75 Å². The van der Waals surface area contributed by atoms with Crippen molar-refractivity contribution in [1.29, 1.82) is 0 Å². The van der Waals surface area contributed by atoms with E-state index in [0.717, 1.165) is 43.5 Å². The van der Waals surface area contributed by atoms with Gasteiger partial charge < -0.3 is 9.84 Å². The van der Waals surface area contributed by atoms with Gasteiger partial charge in [0.25, 0.3) is 5.91 Å². The Labute approximate surface area is 192 Å². The van der Waals surface area contributed by atoms with Crippen molar-refractivity contribution in [2.45, 2.75) is 38.3 Å². The van der Waals surface area contributed by atoms with Crippen molar-refractivity contribution in [3.63, 3.8) is 0 Å². The number of rotatable bonds is 5. The first-order valence-corrected chi connectivity index (χ1v) is 10.8. The van der Waals surface area contributed by atoms with Gasteiger partial charge in [0.1, 0.15) is 5.75 Å². The van der Waals surface area contributed by atoms with Gasteiger partial charge in [-0.25, -0.2) is 0 Å². The number of aromatic nitrogens is 1. The number of carboxylic acids is 1. The average molecular weight is 480 g/mol. The normalized spacial score (nSPS) is 15.3. The number of aliphatic carboxylic acids is 1. The summed E-state index contributed by atoms with van der Waals surface area (Å²) in [6, 6.07) is 7.06. The predicted octanol–water partition coefficient (Wildman–Crippen LogP) is 6.29. The Morgan fingerprint density at radius 1 is 1.18 bits per heavy atom. The molecular weight excluding hydrogens is 459 g/mol. The minimum Gasteiger partial charge on any atom is -0.495 e. The Bertz CT molecular complexity index is 1240. The van der Waals surface area contributed by atoms with Crippen LogP contribution in [0.4, 0.5) is 13.2 Å². The molecule has 0 radical (unpaired) electrons. The number of nitrogens with zero attached hydrogens (tertiary/aromatic N) is 1. The van der Waals surface area contributed by atoms with Crippen LogP contribution in [0, 0.1) is 12.8 Å². The molecule has 33 heavy (non-hydrogen) atoms. The number of carboxylic acid groups (broad SMARTS) is 1. The van der Waals surface area contributed by atoms with Crippen LogP contribution in [-0.4, -0.2) is 28.7 Å². The third kappa shape index (κ3) is 3.97. The molecule has 2 aromatic carbocycles. The summed E-state index contributed by atoms with van der Waals surface area (Å²) in [7, 11) is 1.44. The summed E-state index contributed by atoms with van der Waals surface area (Å²) >= 11 is 6.31. The van der Waals surface area contributed by atoms with Gasteiger partial charge in [0.15, 0.2) is 0 Å². The Balaban J connectivity index is 1.93. The molecule has 1 saturated carbocycles. The van der Waals surface area contributed by atoms with E-state index < -0.39 is 29.5 Å². The SMILES string of the molecule is COc1cc2c(C(C(=O)O)C3CCC3)c(C)n(C(=O)c3ccc(C(F)(F)F)cc3)c2cc1Cl. The zero-order valence-corrected chi connectivity index (χ0v) is 18.6. The minimum atomic E-state index is -4.52. The van der Waals surface area contributed by atoms with Gasteiger partial charge >= 0.3 is 12.1 Å². The van der Waals surface area contributed by atoms with Gasteiger partial charge in [-0.3, -0.25) is 14.2 Å². The number of methoxy groups -OCH3 is 1. The fraction of sp³-hybridized carbons (Fsp3) is 0.333. The van der Waals surface area contributed by atoms with E-state index in [1.54, 1.807) is 13.0 Å². The standard InChI is InChI=1S/C24H21ClF3NO4/c1-12-20(21(23(31)32)13-4-3-5-13)16-10-19(33-2)17(25)11-18(16)29(12)22(30)14-6-8-15(9-7-14)24(26,27)28/h6-11,13,21H,3-5H2,1-2H3,(H,31,32). The quantitative estimate of drug-likeness (QED) is 0.467. The highest BCUT2D eigenvalue weighted by Gasteiger charge is 2.38. The molecule has 0 spiro atoms. The first-order chi connectivity index (χ1) is 15.5. The van der Waals surface area contributed by atoms with Gasteiger partial charge in [-0.15, -0.1) is 0 Å². The first-order valence-electron chi connectivity index (χ1n) is 10.4. The molecule has 1 aromatic heterocycles. The first kappa shape index (κ1) is 23.2. The summed E-state index contributed by atoms with van der Waals surface area (Å²) < 4.78 is 45.5. The smallest absolute Gasteiger partial charge is 0.416 e. The molecule has 3 aromatic rings. The Hall–Kier alpha value is -3.00. The average Bonchev–Trinajstić information content (AvgIpc) is 2.99. The Morgan fingerprint density at radius 2 is 1.82 bits per heavy atom. The lowest BCUT2D eigenvalue weighted by atomic mass is 9.72. The third-order valence-corrected chi connectivity index (χ3v) is 6.68. The van der Waals surface area contributed by atoms with E-state index in [0.29, 0.717) is 27.9 Å². The van der Waals surface area contributed by atoms with Gasteiger partial charge in [0.05, 0.1) is 29.1 Å². The van der Waals surface area contributed by atoms with Gasteiger partial charge in [-0.05, 0) is 67.6 Å². The lowest BCUT2D eigenvalue weighted by molar-refractivity contribution is -0.141. The number of alkyl halides is 3.